The van der Waals surface area contributed by atoms with Gasteiger partial charge in [0.25, 0.3) is 0 Å². The van der Waals surface area contributed by atoms with Crippen LogP contribution >= 0.6 is 11.8 Å². The molecule has 0 saturated carbocycles. The lowest BCUT2D eigenvalue weighted by Crippen LogP contribution is -2.18. The van der Waals surface area contributed by atoms with Gasteiger partial charge in [-0.15, -0.1) is 0 Å². The van der Waals surface area contributed by atoms with Gasteiger partial charge in [0.1, 0.15) is 6.33 Å². The molecule has 0 radical (unpaired) electrons. The summed E-state index contributed by atoms with van der Waals surface area (Å²) in [6.07, 6.45) is 2.07. The Balaban J connectivity index is 1.78. The fourth-order valence-electron chi connectivity index (χ4n) is 2.89. The molecule has 1 aromatic carbocycles. The van der Waals surface area contributed by atoms with Gasteiger partial charge in [-0.2, -0.15) is 0 Å². The van der Waals surface area contributed by atoms with Gasteiger partial charge in [-0.1, -0.05) is 0 Å². The summed E-state index contributed by atoms with van der Waals surface area (Å²) >= 11 is 1.46. The maximum atomic E-state index is 10.6. The maximum Gasteiger partial charge on any atom is 0.231 e. The Labute approximate surface area is 165 Å². The third kappa shape index (κ3) is 3.24. The molecule has 3 aromatic rings. The molecule has 4 rings (SSSR count). The van der Waals surface area contributed by atoms with Crippen LogP contribution in [0.4, 0.5) is 11.5 Å². The lowest BCUT2D eigenvalue weighted by atomic mass is 10.2. The van der Waals surface area contributed by atoms with Crippen molar-refractivity contribution in [3.8, 4) is 11.5 Å². The zero-order valence-electron chi connectivity index (χ0n) is 15.4. The van der Waals surface area contributed by atoms with Crippen molar-refractivity contribution in [2.45, 2.75) is 16.6 Å². The molecule has 1 amide bonds. The molecule has 146 valence electrons. The second-order valence-corrected chi connectivity index (χ2v) is 7.23. The first kappa shape index (κ1) is 18.2. The average molecular weight is 401 g/mol. The van der Waals surface area contributed by atoms with E-state index in [4.69, 9.17) is 15.2 Å². The topological polar surface area (TPSA) is 120 Å². The van der Waals surface area contributed by atoms with Gasteiger partial charge in [-0.05, 0) is 11.8 Å². The highest BCUT2D eigenvalue weighted by Gasteiger charge is 2.22. The maximum absolute atomic E-state index is 10.6. The number of rotatable bonds is 7. The number of amides is 1. The Kier molecular flexibility index (Phi) is 4.82. The second-order valence-electron chi connectivity index (χ2n) is 6.22. The number of nitrogen functional groups attached to an aromatic ring is 1. The normalized spacial score (nSPS) is 12.4. The van der Waals surface area contributed by atoms with Gasteiger partial charge in [0.2, 0.25) is 13.2 Å². The van der Waals surface area contributed by atoms with Crippen LogP contribution in [-0.2, 0) is 11.3 Å². The largest absolute Gasteiger partial charge is 0.454 e. The molecule has 11 heteroatoms. The standard InChI is InChI=1S/C17H19N7O3S/c1-23(2)10-5-11-12(27-9-26-11)6-13(10)28-17-22-14-15(18)20-7-21-16(14)24(17)4-3-19-8-25/h5-8H,3-4,9H2,1-2H3,(H,19,25)(H2,18,20,21). The summed E-state index contributed by atoms with van der Waals surface area (Å²) < 4.78 is 12.9. The summed E-state index contributed by atoms with van der Waals surface area (Å²) in [5.74, 6) is 1.72. The molecule has 3 N–H and O–H groups in total. The average Bonchev–Trinajstić information content (AvgIpc) is 3.26. The summed E-state index contributed by atoms with van der Waals surface area (Å²) in [6, 6.07) is 3.88. The molecular weight excluding hydrogens is 382 g/mol. The van der Waals surface area contributed by atoms with E-state index in [-0.39, 0.29) is 6.79 Å². The van der Waals surface area contributed by atoms with E-state index >= 15 is 0 Å². The molecule has 0 bridgehead atoms. The van der Waals surface area contributed by atoms with Crippen molar-refractivity contribution in [2.75, 3.05) is 38.1 Å². The number of imidazole rings is 1. The van der Waals surface area contributed by atoms with E-state index in [0.717, 1.165) is 10.6 Å². The van der Waals surface area contributed by atoms with Gasteiger partial charge < -0.3 is 30.0 Å². The van der Waals surface area contributed by atoms with Crippen LogP contribution in [0.5, 0.6) is 11.5 Å². The van der Waals surface area contributed by atoms with Gasteiger partial charge in [-0.25, -0.2) is 15.0 Å². The van der Waals surface area contributed by atoms with E-state index in [1.807, 2.05) is 35.7 Å². The molecule has 0 atom stereocenters. The highest BCUT2D eigenvalue weighted by Crippen LogP contribution is 2.44. The van der Waals surface area contributed by atoms with Crippen LogP contribution in [0, 0.1) is 0 Å². The molecule has 0 unspecified atom stereocenters. The van der Waals surface area contributed by atoms with Crippen LogP contribution in [0.3, 0.4) is 0 Å². The Bertz CT molecular complexity index is 1040. The Morgan fingerprint density at radius 3 is 2.86 bits per heavy atom. The number of nitrogens with one attached hydrogen (secondary N) is 1. The molecule has 0 fully saturated rings. The van der Waals surface area contributed by atoms with E-state index in [1.54, 1.807) is 0 Å². The number of anilines is 2. The van der Waals surface area contributed by atoms with Crippen LogP contribution in [0.1, 0.15) is 0 Å². The van der Waals surface area contributed by atoms with Crippen molar-refractivity contribution < 1.29 is 14.3 Å². The number of nitrogens with zero attached hydrogens (tertiary/aromatic N) is 5. The van der Waals surface area contributed by atoms with Gasteiger partial charge >= 0.3 is 0 Å². The van der Waals surface area contributed by atoms with Gasteiger partial charge in [0.05, 0.1) is 5.69 Å². The van der Waals surface area contributed by atoms with Gasteiger partial charge in [0, 0.05) is 44.2 Å². The number of fused-ring (bicyclic) bond motifs is 2. The lowest BCUT2D eigenvalue weighted by molar-refractivity contribution is -0.109. The number of carbonyl (C=O) groups excluding carboxylic acids is 1. The fraction of sp³-hybridized carbons (Fsp3) is 0.294. The zero-order chi connectivity index (χ0) is 19.7. The van der Waals surface area contributed by atoms with Crippen molar-refractivity contribution in [1.82, 2.24) is 24.8 Å². The Morgan fingerprint density at radius 2 is 2.11 bits per heavy atom. The monoisotopic (exact) mass is 401 g/mol. The van der Waals surface area contributed by atoms with Crippen LogP contribution < -0.4 is 25.4 Å². The quantitative estimate of drug-likeness (QED) is 0.443. The molecule has 1 aliphatic heterocycles. The van der Waals surface area contributed by atoms with Gasteiger partial charge in [-0.3, -0.25) is 4.79 Å². The predicted octanol–water partition coefficient (Wildman–Crippen LogP) is 1.10. The minimum Gasteiger partial charge on any atom is -0.454 e. The van der Waals surface area contributed by atoms with Crippen molar-refractivity contribution in [1.29, 1.82) is 0 Å². The van der Waals surface area contributed by atoms with Crippen LogP contribution in [0.15, 0.2) is 28.5 Å². The third-order valence-corrected chi connectivity index (χ3v) is 5.27. The summed E-state index contributed by atoms with van der Waals surface area (Å²) in [5, 5.41) is 3.35. The molecular formula is C17H19N7O3S. The molecule has 0 saturated heterocycles. The van der Waals surface area contributed by atoms with E-state index in [0.29, 0.717) is 53.1 Å². The molecule has 10 nitrogen and oxygen atoms in total. The predicted molar refractivity (Wildman–Crippen MR) is 105 cm³/mol. The third-order valence-electron chi connectivity index (χ3n) is 4.23. The second kappa shape index (κ2) is 7.43. The molecule has 3 heterocycles. The number of aromatic nitrogens is 4. The molecule has 0 aliphatic carbocycles. The molecule has 1 aliphatic rings. The summed E-state index contributed by atoms with van der Waals surface area (Å²) in [5.41, 5.74) is 8.11. The van der Waals surface area contributed by atoms with Crippen molar-refractivity contribution >= 4 is 40.8 Å². The first-order valence-electron chi connectivity index (χ1n) is 8.51. The van der Waals surface area contributed by atoms with Crippen molar-refractivity contribution in [3.63, 3.8) is 0 Å². The minimum absolute atomic E-state index is 0.207. The SMILES string of the molecule is CN(C)c1cc2c(cc1Sc1nc3c(N)ncnc3n1CCNC=O)OCO2. The van der Waals surface area contributed by atoms with Crippen LogP contribution in [-0.4, -0.2) is 53.4 Å². The molecule has 28 heavy (non-hydrogen) atoms. The van der Waals surface area contributed by atoms with Crippen LogP contribution in [0.2, 0.25) is 0 Å². The van der Waals surface area contributed by atoms with E-state index in [1.165, 1.54) is 18.1 Å². The van der Waals surface area contributed by atoms with Crippen molar-refractivity contribution in [2.24, 2.45) is 0 Å². The van der Waals surface area contributed by atoms with Crippen LogP contribution in [0.25, 0.3) is 11.2 Å². The molecule has 0 spiro atoms. The summed E-state index contributed by atoms with van der Waals surface area (Å²) in [7, 11) is 3.92. The highest BCUT2D eigenvalue weighted by atomic mass is 32.2. The Hall–Kier alpha value is -3.21. The van der Waals surface area contributed by atoms with E-state index < -0.39 is 0 Å². The molecule has 2 aromatic heterocycles. The summed E-state index contributed by atoms with van der Waals surface area (Å²) in [4.78, 5) is 26.6. The minimum atomic E-state index is 0.207. The number of ether oxygens (including phenoxy) is 2. The van der Waals surface area contributed by atoms with Gasteiger partial charge in [0.15, 0.2) is 33.6 Å². The lowest BCUT2D eigenvalue weighted by Gasteiger charge is -2.18. The smallest absolute Gasteiger partial charge is 0.231 e. The van der Waals surface area contributed by atoms with Crippen molar-refractivity contribution in [3.05, 3.63) is 18.5 Å². The number of carbonyl (C=O) groups is 1. The summed E-state index contributed by atoms with van der Waals surface area (Å²) in [6.45, 7) is 1.14. The number of hydrogen-bond acceptors (Lipinski definition) is 9. The fourth-order valence-corrected chi connectivity index (χ4v) is 4.02. The van der Waals surface area contributed by atoms with E-state index in [9.17, 15) is 4.79 Å². The zero-order valence-corrected chi connectivity index (χ0v) is 16.2. The number of hydrogen-bond donors (Lipinski definition) is 2. The first-order chi connectivity index (χ1) is 13.6. The highest BCUT2D eigenvalue weighted by molar-refractivity contribution is 7.99. The first-order valence-corrected chi connectivity index (χ1v) is 9.32. The Morgan fingerprint density at radius 1 is 1.32 bits per heavy atom. The van der Waals surface area contributed by atoms with E-state index in [2.05, 4.69) is 20.3 Å². The number of benzene rings is 1. The number of nitrogens with two attached hydrogens (primary N) is 1.